The number of benzene rings is 2. The molecular weight excluding hydrogens is 437 g/mol. The molecule has 8 heteroatoms. The average molecular weight is 466 g/mol. The maximum atomic E-state index is 13.4. The van der Waals surface area contributed by atoms with Crippen LogP contribution in [0.25, 0.3) is 0 Å². The van der Waals surface area contributed by atoms with Gasteiger partial charge in [-0.1, -0.05) is 30.0 Å². The smallest absolute Gasteiger partial charge is 0.234 e. The first-order valence-electron chi connectivity index (χ1n) is 11.0. The maximum Gasteiger partial charge on any atom is 0.234 e. The van der Waals surface area contributed by atoms with Gasteiger partial charge in [0, 0.05) is 37.6 Å². The van der Waals surface area contributed by atoms with Crippen LogP contribution in [0, 0.1) is 26.6 Å². The van der Waals surface area contributed by atoms with Crippen LogP contribution in [-0.2, 0) is 4.79 Å². The van der Waals surface area contributed by atoms with Gasteiger partial charge >= 0.3 is 0 Å². The fraction of sp³-hybridized carbons (Fsp3) is 0.320. The molecule has 0 atom stereocenters. The van der Waals surface area contributed by atoms with Crippen LogP contribution in [0.3, 0.4) is 0 Å². The standard InChI is InChI=1S/C25H28FN5OS/c1-17-4-5-19(3)22(14-17)30-10-12-31(13-11-30)23-8-9-25(29-28-23)33-16-24(32)27-21-15-20(26)7-6-18(21)2/h4-9,14-15H,10-13,16H2,1-3H3,(H,27,32). The molecule has 4 rings (SSSR count). The van der Waals surface area contributed by atoms with Crippen molar-refractivity contribution < 1.29 is 9.18 Å². The van der Waals surface area contributed by atoms with Gasteiger partial charge in [0.1, 0.15) is 10.8 Å². The number of nitrogens with one attached hydrogen (secondary N) is 1. The number of anilines is 3. The zero-order chi connectivity index (χ0) is 23.4. The number of thioether (sulfide) groups is 1. The van der Waals surface area contributed by atoms with Crippen LogP contribution in [0.1, 0.15) is 16.7 Å². The molecule has 0 bridgehead atoms. The second kappa shape index (κ2) is 10.2. The number of hydrogen-bond acceptors (Lipinski definition) is 6. The van der Waals surface area contributed by atoms with E-state index < -0.39 is 0 Å². The number of carbonyl (C=O) groups excluding carboxylic acids is 1. The van der Waals surface area contributed by atoms with Gasteiger partial charge < -0.3 is 15.1 Å². The molecule has 3 aromatic rings. The Balaban J connectivity index is 1.28. The van der Waals surface area contributed by atoms with Crippen molar-refractivity contribution in [2.75, 3.05) is 47.0 Å². The van der Waals surface area contributed by atoms with Gasteiger partial charge in [0.05, 0.1) is 5.75 Å². The molecule has 0 unspecified atom stereocenters. The van der Waals surface area contributed by atoms with Crippen molar-refractivity contribution in [2.45, 2.75) is 25.8 Å². The lowest BCUT2D eigenvalue weighted by Crippen LogP contribution is -2.47. The van der Waals surface area contributed by atoms with Gasteiger partial charge in [-0.05, 0) is 67.8 Å². The lowest BCUT2D eigenvalue weighted by molar-refractivity contribution is -0.113. The third-order valence-electron chi connectivity index (χ3n) is 5.76. The molecule has 33 heavy (non-hydrogen) atoms. The summed E-state index contributed by atoms with van der Waals surface area (Å²) >= 11 is 1.31. The van der Waals surface area contributed by atoms with E-state index in [4.69, 9.17) is 0 Å². The van der Waals surface area contributed by atoms with Gasteiger partial charge in [-0.2, -0.15) is 0 Å². The van der Waals surface area contributed by atoms with Gasteiger partial charge in [-0.15, -0.1) is 10.2 Å². The van der Waals surface area contributed by atoms with Crippen LogP contribution in [0.5, 0.6) is 0 Å². The molecule has 1 aromatic heterocycles. The van der Waals surface area contributed by atoms with E-state index in [2.05, 4.69) is 57.4 Å². The average Bonchev–Trinajstić information content (AvgIpc) is 2.82. The highest BCUT2D eigenvalue weighted by Crippen LogP contribution is 2.25. The number of hydrogen-bond donors (Lipinski definition) is 1. The van der Waals surface area contributed by atoms with Crippen LogP contribution >= 0.6 is 11.8 Å². The Morgan fingerprint density at radius 1 is 0.939 bits per heavy atom. The number of aryl methyl sites for hydroxylation is 3. The van der Waals surface area contributed by atoms with Crippen molar-refractivity contribution in [2.24, 2.45) is 0 Å². The first-order valence-corrected chi connectivity index (χ1v) is 12.0. The topological polar surface area (TPSA) is 61.4 Å². The van der Waals surface area contributed by atoms with E-state index in [0.29, 0.717) is 10.7 Å². The minimum Gasteiger partial charge on any atom is -0.368 e. The molecule has 1 amide bonds. The highest BCUT2D eigenvalue weighted by molar-refractivity contribution is 7.99. The monoisotopic (exact) mass is 465 g/mol. The summed E-state index contributed by atoms with van der Waals surface area (Å²) < 4.78 is 13.4. The number of carbonyl (C=O) groups is 1. The second-order valence-electron chi connectivity index (χ2n) is 8.29. The summed E-state index contributed by atoms with van der Waals surface area (Å²) in [6, 6.07) is 14.8. The van der Waals surface area contributed by atoms with Crippen LogP contribution in [0.15, 0.2) is 53.6 Å². The van der Waals surface area contributed by atoms with Crippen molar-refractivity contribution >= 4 is 34.9 Å². The predicted octanol–water partition coefficient (Wildman–Crippen LogP) is 4.60. The first-order chi connectivity index (χ1) is 15.9. The molecule has 0 spiro atoms. The van der Waals surface area contributed by atoms with Crippen molar-refractivity contribution in [1.29, 1.82) is 0 Å². The highest BCUT2D eigenvalue weighted by Gasteiger charge is 2.20. The molecule has 2 heterocycles. The second-order valence-corrected chi connectivity index (χ2v) is 9.29. The van der Waals surface area contributed by atoms with Crippen molar-refractivity contribution in [3.05, 3.63) is 71.0 Å². The molecule has 0 radical (unpaired) electrons. The minimum atomic E-state index is -0.375. The Bertz CT molecular complexity index is 1130. The summed E-state index contributed by atoms with van der Waals surface area (Å²) in [5.74, 6) is 0.445. The van der Waals surface area contributed by atoms with Crippen LogP contribution in [-0.4, -0.2) is 48.0 Å². The number of aromatic nitrogens is 2. The third-order valence-corrected chi connectivity index (χ3v) is 6.68. The van der Waals surface area contributed by atoms with Crippen LogP contribution in [0.4, 0.5) is 21.6 Å². The van der Waals surface area contributed by atoms with E-state index in [1.807, 2.05) is 19.1 Å². The maximum absolute atomic E-state index is 13.4. The predicted molar refractivity (Wildman–Crippen MR) is 133 cm³/mol. The number of nitrogens with zero attached hydrogens (tertiary/aromatic N) is 4. The molecule has 1 aliphatic heterocycles. The summed E-state index contributed by atoms with van der Waals surface area (Å²) in [6.07, 6.45) is 0. The zero-order valence-electron chi connectivity index (χ0n) is 19.1. The van der Waals surface area contributed by atoms with Gasteiger partial charge in [0.25, 0.3) is 0 Å². The Morgan fingerprint density at radius 2 is 1.67 bits per heavy atom. The number of piperazine rings is 1. The summed E-state index contributed by atoms with van der Waals surface area (Å²) in [7, 11) is 0. The molecule has 0 saturated carbocycles. The van der Waals surface area contributed by atoms with E-state index >= 15 is 0 Å². The quantitative estimate of drug-likeness (QED) is 0.537. The normalized spacial score (nSPS) is 13.8. The van der Waals surface area contributed by atoms with Gasteiger partial charge in [0.2, 0.25) is 5.91 Å². The molecule has 6 nitrogen and oxygen atoms in total. The SMILES string of the molecule is Cc1ccc(C)c(N2CCN(c3ccc(SCC(=O)Nc4cc(F)ccc4C)nn3)CC2)c1. The van der Waals surface area contributed by atoms with Gasteiger partial charge in [-0.3, -0.25) is 4.79 Å². The van der Waals surface area contributed by atoms with Crippen LogP contribution < -0.4 is 15.1 Å². The van der Waals surface area contributed by atoms with E-state index in [9.17, 15) is 9.18 Å². The Hall–Kier alpha value is -3.13. The zero-order valence-corrected chi connectivity index (χ0v) is 20.0. The number of halogens is 1. The minimum absolute atomic E-state index is 0.179. The summed E-state index contributed by atoms with van der Waals surface area (Å²) in [4.78, 5) is 16.9. The molecule has 1 fully saturated rings. The third kappa shape index (κ3) is 5.82. The van der Waals surface area contributed by atoms with Crippen molar-refractivity contribution in [3.8, 4) is 0 Å². The largest absolute Gasteiger partial charge is 0.368 e. The molecule has 1 saturated heterocycles. The molecule has 2 aromatic carbocycles. The highest BCUT2D eigenvalue weighted by atomic mass is 32.2. The van der Waals surface area contributed by atoms with Gasteiger partial charge in [-0.25, -0.2) is 4.39 Å². The van der Waals surface area contributed by atoms with Crippen molar-refractivity contribution in [3.63, 3.8) is 0 Å². The van der Waals surface area contributed by atoms with Crippen LogP contribution in [0.2, 0.25) is 0 Å². The molecule has 1 N–H and O–H groups in total. The Kier molecular flexibility index (Phi) is 7.13. The summed E-state index contributed by atoms with van der Waals surface area (Å²) in [5, 5.41) is 12.1. The molecule has 0 aliphatic carbocycles. The fourth-order valence-corrected chi connectivity index (χ4v) is 4.46. The van der Waals surface area contributed by atoms with E-state index in [0.717, 1.165) is 37.6 Å². The number of rotatable bonds is 6. The summed E-state index contributed by atoms with van der Waals surface area (Å²) in [5.41, 5.74) is 5.18. The summed E-state index contributed by atoms with van der Waals surface area (Å²) in [6.45, 7) is 9.73. The Labute approximate surface area is 198 Å². The van der Waals surface area contributed by atoms with E-state index in [-0.39, 0.29) is 17.5 Å². The fourth-order valence-electron chi connectivity index (χ4n) is 3.85. The van der Waals surface area contributed by atoms with E-state index in [1.54, 1.807) is 6.07 Å². The first kappa shape index (κ1) is 23.0. The molecule has 1 aliphatic rings. The lowest BCUT2D eigenvalue weighted by Gasteiger charge is -2.37. The van der Waals surface area contributed by atoms with Crippen molar-refractivity contribution in [1.82, 2.24) is 10.2 Å². The number of amides is 1. The Morgan fingerprint density at radius 3 is 2.39 bits per heavy atom. The molecular formula is C25H28FN5OS. The van der Waals surface area contributed by atoms with Gasteiger partial charge in [0.15, 0.2) is 5.82 Å². The van der Waals surface area contributed by atoms with E-state index in [1.165, 1.54) is 40.7 Å². The lowest BCUT2D eigenvalue weighted by atomic mass is 10.1. The molecule has 172 valence electrons.